The fourth-order valence-electron chi connectivity index (χ4n) is 2.83. The van der Waals surface area contributed by atoms with E-state index in [0.29, 0.717) is 11.5 Å². The van der Waals surface area contributed by atoms with Crippen molar-refractivity contribution in [3.05, 3.63) is 111 Å². The van der Waals surface area contributed by atoms with Crippen LogP contribution in [0.1, 0.15) is 11.1 Å². The van der Waals surface area contributed by atoms with E-state index in [2.05, 4.69) is 27.7 Å². The predicted molar refractivity (Wildman–Crippen MR) is 120 cm³/mol. The van der Waals surface area contributed by atoms with Crippen LogP contribution in [0.3, 0.4) is 0 Å². The van der Waals surface area contributed by atoms with Crippen LogP contribution >= 0.6 is 29.9 Å². The number of anilines is 1. The highest BCUT2D eigenvalue weighted by atomic mass is 127. The molecule has 3 aromatic rings. The van der Waals surface area contributed by atoms with E-state index in [1.165, 1.54) is 0 Å². The summed E-state index contributed by atoms with van der Waals surface area (Å²) >= 11 is 2.24. The van der Waals surface area contributed by atoms with Crippen LogP contribution < -0.4 is 5.09 Å². The lowest BCUT2D eigenvalue weighted by atomic mass is 10.2. The SMILES string of the molecule is O=P1(Nc2ccccc2I)C=C(c2ccccc2)OC(c2ccccc2)=C1. The maximum Gasteiger partial charge on any atom is 0.220 e. The van der Waals surface area contributed by atoms with E-state index in [9.17, 15) is 4.57 Å². The summed E-state index contributed by atoms with van der Waals surface area (Å²) in [6.07, 6.45) is 0. The van der Waals surface area contributed by atoms with Crippen molar-refractivity contribution >= 4 is 47.1 Å². The number of rotatable bonds is 4. The van der Waals surface area contributed by atoms with E-state index in [1.807, 2.05) is 84.9 Å². The van der Waals surface area contributed by atoms with Crippen LogP contribution in [-0.4, -0.2) is 0 Å². The van der Waals surface area contributed by atoms with Crippen molar-refractivity contribution in [2.75, 3.05) is 5.09 Å². The standard InChI is InChI=1S/C22H17INO2P/c23-19-13-7-8-14-20(19)24-27(25)15-21(17-9-3-1-4-10-17)26-22(16-27)18-11-5-2-6-12-18/h1-16H,(H,24,25). The van der Waals surface area contributed by atoms with E-state index in [4.69, 9.17) is 4.74 Å². The van der Waals surface area contributed by atoms with Crippen LogP contribution in [0.2, 0.25) is 0 Å². The summed E-state index contributed by atoms with van der Waals surface area (Å²) in [6, 6.07) is 27.3. The Morgan fingerprint density at radius 2 is 1.19 bits per heavy atom. The molecule has 0 amide bonds. The molecule has 4 rings (SSSR count). The minimum Gasteiger partial charge on any atom is -0.456 e. The number of hydrogen-bond acceptors (Lipinski definition) is 2. The predicted octanol–water partition coefficient (Wildman–Crippen LogP) is 7.01. The van der Waals surface area contributed by atoms with Gasteiger partial charge in [0.05, 0.1) is 5.69 Å². The van der Waals surface area contributed by atoms with Crippen molar-refractivity contribution in [1.29, 1.82) is 0 Å². The van der Waals surface area contributed by atoms with Gasteiger partial charge < -0.3 is 9.82 Å². The maximum absolute atomic E-state index is 13.8. The Balaban J connectivity index is 1.79. The van der Waals surface area contributed by atoms with Crippen molar-refractivity contribution in [1.82, 2.24) is 0 Å². The van der Waals surface area contributed by atoms with Gasteiger partial charge in [-0.25, -0.2) is 0 Å². The molecule has 3 aromatic carbocycles. The molecule has 0 bridgehead atoms. The molecule has 1 aliphatic rings. The molecule has 0 fully saturated rings. The second kappa shape index (κ2) is 7.75. The minimum absolute atomic E-state index is 0.596. The van der Waals surface area contributed by atoms with Gasteiger partial charge in [0.25, 0.3) is 0 Å². The fourth-order valence-corrected chi connectivity index (χ4v) is 5.44. The Kier molecular flexibility index (Phi) is 5.19. The number of ether oxygens (including phenoxy) is 1. The van der Waals surface area contributed by atoms with E-state index in [-0.39, 0.29) is 0 Å². The quantitative estimate of drug-likeness (QED) is 0.319. The van der Waals surface area contributed by atoms with Gasteiger partial charge in [-0.1, -0.05) is 72.8 Å². The van der Waals surface area contributed by atoms with Crippen molar-refractivity contribution in [2.45, 2.75) is 0 Å². The van der Waals surface area contributed by atoms with Crippen molar-refractivity contribution in [3.63, 3.8) is 0 Å². The van der Waals surface area contributed by atoms with E-state index in [1.54, 1.807) is 11.6 Å². The molecule has 0 unspecified atom stereocenters. The topological polar surface area (TPSA) is 38.3 Å². The molecule has 134 valence electrons. The van der Waals surface area contributed by atoms with E-state index in [0.717, 1.165) is 20.4 Å². The highest BCUT2D eigenvalue weighted by molar-refractivity contribution is 14.1. The first-order valence-electron chi connectivity index (χ1n) is 8.50. The number of para-hydroxylation sites is 1. The number of benzene rings is 3. The molecule has 0 aliphatic carbocycles. The summed E-state index contributed by atoms with van der Waals surface area (Å²) < 4.78 is 20.9. The molecule has 1 N–H and O–H groups in total. The maximum atomic E-state index is 13.8. The van der Waals surface area contributed by atoms with Crippen LogP contribution in [0.5, 0.6) is 0 Å². The molecule has 1 aliphatic heterocycles. The fraction of sp³-hybridized carbons (Fsp3) is 0. The first-order chi connectivity index (χ1) is 13.1. The smallest absolute Gasteiger partial charge is 0.220 e. The van der Waals surface area contributed by atoms with Gasteiger partial charge in [-0.2, -0.15) is 0 Å². The van der Waals surface area contributed by atoms with Gasteiger partial charge in [-0.05, 0) is 34.7 Å². The molecule has 0 atom stereocenters. The van der Waals surface area contributed by atoms with Crippen LogP contribution in [0.4, 0.5) is 5.69 Å². The van der Waals surface area contributed by atoms with Crippen molar-refractivity contribution in [2.24, 2.45) is 0 Å². The van der Waals surface area contributed by atoms with Crippen LogP contribution in [0, 0.1) is 3.57 Å². The zero-order chi connectivity index (χ0) is 18.7. The van der Waals surface area contributed by atoms with Gasteiger partial charge in [-0.15, -0.1) is 0 Å². The molecule has 0 radical (unpaired) electrons. The second-order valence-electron chi connectivity index (χ2n) is 6.12. The lowest BCUT2D eigenvalue weighted by molar-refractivity contribution is 0.469. The Labute approximate surface area is 172 Å². The monoisotopic (exact) mass is 485 g/mol. The molecule has 27 heavy (non-hydrogen) atoms. The van der Waals surface area contributed by atoms with Gasteiger partial charge in [0, 0.05) is 26.3 Å². The Bertz CT molecular complexity index is 1000. The Morgan fingerprint density at radius 3 is 1.70 bits per heavy atom. The number of hydrogen-bond donors (Lipinski definition) is 1. The third kappa shape index (κ3) is 4.18. The van der Waals surface area contributed by atoms with E-state index < -0.39 is 7.29 Å². The number of nitrogens with one attached hydrogen (secondary N) is 1. The van der Waals surface area contributed by atoms with Crippen LogP contribution in [-0.2, 0) is 9.30 Å². The third-order valence-corrected chi connectivity index (χ3v) is 6.89. The average molecular weight is 485 g/mol. The normalized spacial score (nSPS) is 15.3. The molecule has 0 spiro atoms. The largest absolute Gasteiger partial charge is 0.456 e. The zero-order valence-corrected chi connectivity index (χ0v) is 17.4. The first-order valence-corrected chi connectivity index (χ1v) is 11.4. The molecule has 0 aromatic heterocycles. The summed E-state index contributed by atoms with van der Waals surface area (Å²) in [5.41, 5.74) is 2.63. The molecular weight excluding hydrogens is 468 g/mol. The van der Waals surface area contributed by atoms with Crippen molar-refractivity contribution in [3.8, 4) is 0 Å². The molecule has 3 nitrogen and oxygen atoms in total. The molecule has 5 heteroatoms. The van der Waals surface area contributed by atoms with Crippen molar-refractivity contribution < 1.29 is 9.30 Å². The van der Waals surface area contributed by atoms with Gasteiger partial charge in [0.1, 0.15) is 11.5 Å². The molecule has 0 saturated heterocycles. The molecule has 1 heterocycles. The Morgan fingerprint density at radius 1 is 0.704 bits per heavy atom. The van der Waals surface area contributed by atoms with Gasteiger partial charge >= 0.3 is 0 Å². The third-order valence-electron chi connectivity index (χ3n) is 4.12. The lowest BCUT2D eigenvalue weighted by Gasteiger charge is -2.24. The molecular formula is C22H17INO2P. The van der Waals surface area contributed by atoms with E-state index >= 15 is 0 Å². The summed E-state index contributed by atoms with van der Waals surface area (Å²) in [5.74, 6) is 4.60. The lowest BCUT2D eigenvalue weighted by Crippen LogP contribution is -2.03. The van der Waals surface area contributed by atoms with Crippen LogP contribution in [0.25, 0.3) is 11.5 Å². The zero-order valence-electron chi connectivity index (χ0n) is 14.4. The molecule has 0 saturated carbocycles. The Hall–Kier alpha value is -2.30. The first kappa shape index (κ1) is 18.1. The second-order valence-corrected chi connectivity index (χ2v) is 9.44. The highest BCUT2D eigenvalue weighted by Crippen LogP contribution is 2.56. The van der Waals surface area contributed by atoms with Gasteiger partial charge in [-0.3, -0.25) is 4.57 Å². The summed E-state index contributed by atoms with van der Waals surface area (Å²) in [4.78, 5) is 0. The summed E-state index contributed by atoms with van der Waals surface area (Å²) in [6.45, 7) is 0. The van der Waals surface area contributed by atoms with Crippen LogP contribution in [0.15, 0.2) is 96.6 Å². The highest BCUT2D eigenvalue weighted by Gasteiger charge is 2.27. The van der Waals surface area contributed by atoms with Gasteiger partial charge in [0.15, 0.2) is 0 Å². The number of halogens is 1. The summed E-state index contributed by atoms with van der Waals surface area (Å²) in [5, 5.41) is 3.24. The summed E-state index contributed by atoms with van der Waals surface area (Å²) in [7, 11) is -3.01. The average Bonchev–Trinajstić information content (AvgIpc) is 2.70. The van der Waals surface area contributed by atoms with Gasteiger partial charge in [0.2, 0.25) is 7.29 Å². The minimum atomic E-state index is -3.01.